The molecule has 1 heteroatoms. The van der Waals surface area contributed by atoms with E-state index < -0.39 is 0 Å². The Morgan fingerprint density at radius 2 is 1.85 bits per heavy atom. The largest absolute Gasteiger partial charge is 0.330 e. The normalized spacial score (nSPS) is 12.8. The molecule has 0 aromatic heterocycles. The van der Waals surface area contributed by atoms with Crippen LogP contribution >= 0.6 is 0 Å². The third-order valence-corrected chi connectivity index (χ3v) is 2.42. The van der Waals surface area contributed by atoms with E-state index >= 15 is 0 Å². The summed E-state index contributed by atoms with van der Waals surface area (Å²) in [7, 11) is 0. The summed E-state index contributed by atoms with van der Waals surface area (Å²) in [6.45, 7) is 3.02. The van der Waals surface area contributed by atoms with Crippen molar-refractivity contribution in [1.82, 2.24) is 0 Å². The lowest BCUT2D eigenvalue weighted by Gasteiger charge is -2.15. The van der Waals surface area contributed by atoms with Crippen molar-refractivity contribution in [3.8, 4) is 0 Å². The number of rotatable bonds is 5. The molecule has 0 radical (unpaired) electrons. The van der Waals surface area contributed by atoms with E-state index in [1.165, 1.54) is 18.4 Å². The number of hydrogen-bond acceptors (Lipinski definition) is 1. The third kappa shape index (κ3) is 3.19. The van der Waals surface area contributed by atoms with Gasteiger partial charge in [-0.2, -0.15) is 0 Å². The Morgan fingerprint density at radius 1 is 1.15 bits per heavy atom. The van der Waals surface area contributed by atoms with E-state index in [9.17, 15) is 0 Å². The van der Waals surface area contributed by atoms with Gasteiger partial charge in [-0.05, 0) is 30.9 Å². The Bertz CT molecular complexity index is 212. The molecule has 72 valence electrons. The molecule has 2 N–H and O–H groups in total. The SMILES string of the molecule is CCCC(CCN)c1ccccc1. The molecule has 1 atom stereocenters. The van der Waals surface area contributed by atoms with E-state index in [1.54, 1.807) is 0 Å². The second kappa shape index (κ2) is 5.76. The zero-order valence-electron chi connectivity index (χ0n) is 8.37. The minimum Gasteiger partial charge on any atom is -0.330 e. The summed E-state index contributed by atoms with van der Waals surface area (Å²) in [5.74, 6) is 0.663. The first-order valence-electron chi connectivity index (χ1n) is 5.13. The summed E-state index contributed by atoms with van der Waals surface area (Å²) in [5, 5.41) is 0. The molecule has 13 heavy (non-hydrogen) atoms. The van der Waals surface area contributed by atoms with Crippen LogP contribution in [0.2, 0.25) is 0 Å². The van der Waals surface area contributed by atoms with Crippen molar-refractivity contribution in [2.24, 2.45) is 5.73 Å². The minimum atomic E-state index is 0.663. The summed E-state index contributed by atoms with van der Waals surface area (Å²) in [5.41, 5.74) is 7.04. The first-order chi connectivity index (χ1) is 6.38. The van der Waals surface area contributed by atoms with Crippen LogP contribution < -0.4 is 5.73 Å². The smallest absolute Gasteiger partial charge is 0.00714 e. The third-order valence-electron chi connectivity index (χ3n) is 2.42. The maximum Gasteiger partial charge on any atom is -0.00714 e. The van der Waals surface area contributed by atoms with E-state index in [0.29, 0.717) is 5.92 Å². The molecule has 0 aliphatic heterocycles. The van der Waals surface area contributed by atoms with Crippen LogP contribution in [0.15, 0.2) is 30.3 Å². The van der Waals surface area contributed by atoms with Gasteiger partial charge < -0.3 is 5.73 Å². The van der Waals surface area contributed by atoms with Crippen molar-refractivity contribution >= 4 is 0 Å². The maximum absolute atomic E-state index is 5.60. The van der Waals surface area contributed by atoms with Gasteiger partial charge in [0, 0.05) is 0 Å². The molecule has 1 unspecified atom stereocenters. The number of benzene rings is 1. The molecule has 0 heterocycles. The molecule has 0 fully saturated rings. The minimum absolute atomic E-state index is 0.663. The van der Waals surface area contributed by atoms with Crippen molar-refractivity contribution in [3.63, 3.8) is 0 Å². The lowest BCUT2D eigenvalue weighted by atomic mass is 9.92. The highest BCUT2D eigenvalue weighted by molar-refractivity contribution is 5.19. The fourth-order valence-corrected chi connectivity index (χ4v) is 1.75. The van der Waals surface area contributed by atoms with Crippen molar-refractivity contribution in [3.05, 3.63) is 35.9 Å². The van der Waals surface area contributed by atoms with Crippen LogP contribution in [0.5, 0.6) is 0 Å². The second-order valence-corrected chi connectivity index (χ2v) is 3.47. The van der Waals surface area contributed by atoms with Crippen LogP contribution in [-0.2, 0) is 0 Å². The van der Waals surface area contributed by atoms with Crippen LogP contribution in [0.1, 0.15) is 37.7 Å². The summed E-state index contributed by atoms with van der Waals surface area (Å²) in [6, 6.07) is 10.7. The maximum atomic E-state index is 5.60. The molecule has 0 saturated carbocycles. The first-order valence-corrected chi connectivity index (χ1v) is 5.13. The zero-order valence-corrected chi connectivity index (χ0v) is 8.37. The average molecular weight is 177 g/mol. The zero-order chi connectivity index (χ0) is 9.52. The van der Waals surface area contributed by atoms with Crippen molar-refractivity contribution < 1.29 is 0 Å². The van der Waals surface area contributed by atoms with E-state index in [-0.39, 0.29) is 0 Å². The van der Waals surface area contributed by atoms with E-state index in [1.807, 2.05) is 0 Å². The lowest BCUT2D eigenvalue weighted by molar-refractivity contribution is 0.576. The Hall–Kier alpha value is -0.820. The van der Waals surface area contributed by atoms with Gasteiger partial charge in [0.1, 0.15) is 0 Å². The second-order valence-electron chi connectivity index (χ2n) is 3.47. The Labute approximate surface area is 81.0 Å². The summed E-state index contributed by atoms with van der Waals surface area (Å²) >= 11 is 0. The molecule has 1 aromatic rings. The van der Waals surface area contributed by atoms with Crippen LogP contribution in [0, 0.1) is 0 Å². The highest BCUT2D eigenvalue weighted by atomic mass is 14.5. The van der Waals surface area contributed by atoms with Gasteiger partial charge in [-0.25, -0.2) is 0 Å². The molecule has 1 nitrogen and oxygen atoms in total. The Balaban J connectivity index is 2.64. The van der Waals surface area contributed by atoms with Crippen molar-refractivity contribution in [1.29, 1.82) is 0 Å². The predicted molar refractivity (Wildman–Crippen MR) is 57.8 cm³/mol. The topological polar surface area (TPSA) is 26.0 Å². The van der Waals surface area contributed by atoms with E-state index in [4.69, 9.17) is 5.73 Å². The molecule has 0 saturated heterocycles. The van der Waals surface area contributed by atoms with Gasteiger partial charge in [0.2, 0.25) is 0 Å². The molecule has 1 aromatic carbocycles. The summed E-state index contributed by atoms with van der Waals surface area (Å²) in [4.78, 5) is 0. The molecule has 1 rings (SSSR count). The van der Waals surface area contributed by atoms with E-state index in [2.05, 4.69) is 37.3 Å². The van der Waals surface area contributed by atoms with Crippen molar-refractivity contribution in [2.45, 2.75) is 32.1 Å². The summed E-state index contributed by atoms with van der Waals surface area (Å²) < 4.78 is 0. The van der Waals surface area contributed by atoms with Crippen LogP contribution in [-0.4, -0.2) is 6.54 Å². The van der Waals surface area contributed by atoms with Gasteiger partial charge in [-0.15, -0.1) is 0 Å². The molecular formula is C12H19N. The highest BCUT2D eigenvalue weighted by Crippen LogP contribution is 2.23. The molecule has 0 spiro atoms. The monoisotopic (exact) mass is 177 g/mol. The van der Waals surface area contributed by atoms with Gasteiger partial charge in [-0.3, -0.25) is 0 Å². The van der Waals surface area contributed by atoms with Crippen LogP contribution in [0.25, 0.3) is 0 Å². The quantitative estimate of drug-likeness (QED) is 0.735. The Morgan fingerprint density at radius 3 is 2.38 bits per heavy atom. The van der Waals surface area contributed by atoms with Crippen molar-refractivity contribution in [2.75, 3.05) is 6.54 Å². The number of nitrogens with two attached hydrogens (primary N) is 1. The van der Waals surface area contributed by atoms with Gasteiger partial charge in [0.05, 0.1) is 0 Å². The average Bonchev–Trinajstić information content (AvgIpc) is 2.19. The standard InChI is InChI=1S/C12H19N/c1-2-6-11(9-10-13)12-7-4-3-5-8-12/h3-5,7-8,11H,2,6,9-10,13H2,1H3. The van der Waals surface area contributed by atoms with Gasteiger partial charge in [0.25, 0.3) is 0 Å². The highest BCUT2D eigenvalue weighted by Gasteiger charge is 2.08. The molecule has 0 aliphatic rings. The fraction of sp³-hybridized carbons (Fsp3) is 0.500. The molecule has 0 amide bonds. The van der Waals surface area contributed by atoms with Crippen LogP contribution in [0.3, 0.4) is 0 Å². The van der Waals surface area contributed by atoms with E-state index in [0.717, 1.165) is 13.0 Å². The number of hydrogen-bond donors (Lipinski definition) is 1. The van der Waals surface area contributed by atoms with Gasteiger partial charge >= 0.3 is 0 Å². The summed E-state index contributed by atoms with van der Waals surface area (Å²) in [6.07, 6.45) is 3.60. The van der Waals surface area contributed by atoms with Gasteiger partial charge in [-0.1, -0.05) is 43.7 Å². The molecule has 0 aliphatic carbocycles. The molecular weight excluding hydrogens is 158 g/mol. The lowest BCUT2D eigenvalue weighted by Crippen LogP contribution is -2.07. The molecule has 0 bridgehead atoms. The Kier molecular flexibility index (Phi) is 4.55. The van der Waals surface area contributed by atoms with Crippen LogP contribution in [0.4, 0.5) is 0 Å². The van der Waals surface area contributed by atoms with Gasteiger partial charge in [0.15, 0.2) is 0 Å². The predicted octanol–water partition coefficient (Wildman–Crippen LogP) is 2.92. The first kappa shape index (κ1) is 10.3. The fourth-order valence-electron chi connectivity index (χ4n) is 1.75.